The summed E-state index contributed by atoms with van der Waals surface area (Å²) in [7, 11) is 0. The van der Waals surface area contributed by atoms with Crippen LogP contribution < -0.4 is 5.32 Å². The zero-order valence-corrected chi connectivity index (χ0v) is 19.7. The van der Waals surface area contributed by atoms with Crippen molar-refractivity contribution in [1.82, 2.24) is 35.5 Å². The van der Waals surface area contributed by atoms with Gasteiger partial charge in [-0.15, -0.1) is 0 Å². The lowest BCUT2D eigenvalue weighted by atomic mass is 10.1. The fraction of sp³-hybridized carbons (Fsp3) is 0.320. The molecule has 35 heavy (non-hydrogen) atoms. The number of fused-ring (bicyclic) bond motifs is 1. The molecule has 0 aliphatic carbocycles. The highest BCUT2D eigenvalue weighted by molar-refractivity contribution is 6.05. The van der Waals surface area contributed by atoms with Crippen molar-refractivity contribution in [2.75, 3.05) is 26.2 Å². The highest BCUT2D eigenvalue weighted by Crippen LogP contribution is 2.18. The lowest BCUT2D eigenvalue weighted by Crippen LogP contribution is -2.54. The fourth-order valence-electron chi connectivity index (χ4n) is 4.19. The summed E-state index contributed by atoms with van der Waals surface area (Å²) in [6, 6.07) is 14.7. The van der Waals surface area contributed by atoms with E-state index < -0.39 is 6.04 Å². The van der Waals surface area contributed by atoms with Gasteiger partial charge in [0.1, 0.15) is 6.04 Å². The Labute approximate surface area is 202 Å². The van der Waals surface area contributed by atoms with E-state index in [-0.39, 0.29) is 17.5 Å². The van der Waals surface area contributed by atoms with Crippen LogP contribution in [0.15, 0.2) is 53.1 Å². The van der Waals surface area contributed by atoms with Crippen molar-refractivity contribution < 1.29 is 14.1 Å². The Balaban J connectivity index is 1.13. The summed E-state index contributed by atoms with van der Waals surface area (Å²) in [4.78, 5) is 34.1. The summed E-state index contributed by atoms with van der Waals surface area (Å²) in [5.74, 6) is 0.635. The molecule has 10 nitrogen and oxygen atoms in total. The second-order valence-electron chi connectivity index (χ2n) is 8.79. The number of nitrogens with zero attached hydrogens (tertiary/aromatic N) is 5. The zero-order chi connectivity index (χ0) is 24.4. The molecule has 1 fully saturated rings. The van der Waals surface area contributed by atoms with Gasteiger partial charge in [-0.1, -0.05) is 53.2 Å². The minimum atomic E-state index is -0.655. The average molecular weight is 474 g/mol. The number of H-pyrrole nitrogens is 1. The molecular weight excluding hydrogens is 446 g/mol. The summed E-state index contributed by atoms with van der Waals surface area (Å²) in [6.45, 7) is 6.74. The molecule has 1 unspecified atom stereocenters. The smallest absolute Gasteiger partial charge is 0.273 e. The second-order valence-corrected chi connectivity index (χ2v) is 8.79. The topological polar surface area (TPSA) is 120 Å². The van der Waals surface area contributed by atoms with E-state index in [0.29, 0.717) is 44.4 Å². The number of rotatable bonds is 6. The van der Waals surface area contributed by atoms with Crippen LogP contribution in [0.1, 0.15) is 28.9 Å². The normalized spacial score (nSPS) is 15.3. The number of hydrogen-bond acceptors (Lipinski definition) is 7. The van der Waals surface area contributed by atoms with Gasteiger partial charge in [0.15, 0.2) is 5.69 Å². The molecule has 2 amide bonds. The molecule has 1 saturated heterocycles. The molecule has 4 aromatic rings. The number of para-hydroxylation sites is 1. The Morgan fingerprint density at radius 3 is 2.60 bits per heavy atom. The number of carbonyl (C=O) groups excluding carboxylic acids is 2. The molecule has 0 spiro atoms. The van der Waals surface area contributed by atoms with E-state index in [2.05, 4.69) is 30.6 Å². The number of benzene rings is 2. The van der Waals surface area contributed by atoms with Crippen LogP contribution in [-0.4, -0.2) is 74.2 Å². The first kappa shape index (κ1) is 22.7. The molecule has 1 atom stereocenters. The molecule has 0 saturated carbocycles. The third-order valence-electron chi connectivity index (χ3n) is 6.22. The Bertz CT molecular complexity index is 1340. The highest BCUT2D eigenvalue weighted by atomic mass is 16.5. The van der Waals surface area contributed by atoms with Crippen LogP contribution >= 0.6 is 0 Å². The quantitative estimate of drug-likeness (QED) is 0.441. The van der Waals surface area contributed by atoms with Crippen molar-refractivity contribution in [3.05, 3.63) is 65.7 Å². The van der Waals surface area contributed by atoms with Gasteiger partial charge in [0.05, 0.1) is 12.1 Å². The molecule has 5 rings (SSSR count). The largest absolute Gasteiger partial charge is 0.339 e. The van der Waals surface area contributed by atoms with E-state index >= 15 is 0 Å². The van der Waals surface area contributed by atoms with Crippen LogP contribution in [0.25, 0.3) is 22.3 Å². The van der Waals surface area contributed by atoms with Crippen LogP contribution in [0.4, 0.5) is 0 Å². The van der Waals surface area contributed by atoms with Crippen LogP contribution in [0.5, 0.6) is 0 Å². The van der Waals surface area contributed by atoms with E-state index in [1.165, 1.54) is 5.56 Å². The Morgan fingerprint density at radius 2 is 1.83 bits per heavy atom. The van der Waals surface area contributed by atoms with Gasteiger partial charge < -0.3 is 14.7 Å². The van der Waals surface area contributed by atoms with Gasteiger partial charge in [-0.05, 0) is 19.9 Å². The highest BCUT2D eigenvalue weighted by Gasteiger charge is 2.27. The second kappa shape index (κ2) is 9.67. The Morgan fingerprint density at radius 1 is 1.09 bits per heavy atom. The molecule has 10 heteroatoms. The van der Waals surface area contributed by atoms with Gasteiger partial charge in [0.2, 0.25) is 17.6 Å². The lowest BCUT2D eigenvalue weighted by molar-refractivity contribution is -0.134. The van der Waals surface area contributed by atoms with Gasteiger partial charge in [0.25, 0.3) is 5.91 Å². The monoisotopic (exact) mass is 473 g/mol. The molecule has 2 aromatic heterocycles. The maximum atomic E-state index is 12.9. The van der Waals surface area contributed by atoms with Gasteiger partial charge in [-0.25, -0.2) is 0 Å². The van der Waals surface area contributed by atoms with Crippen LogP contribution in [0, 0.1) is 6.92 Å². The third-order valence-corrected chi connectivity index (χ3v) is 6.22. The summed E-state index contributed by atoms with van der Waals surface area (Å²) in [5, 5.41) is 14.6. The van der Waals surface area contributed by atoms with Crippen LogP contribution in [0.3, 0.4) is 0 Å². The lowest BCUT2D eigenvalue weighted by Gasteiger charge is -2.35. The van der Waals surface area contributed by atoms with E-state index in [9.17, 15) is 9.59 Å². The molecule has 180 valence electrons. The number of carbonyl (C=O) groups is 2. The third kappa shape index (κ3) is 4.92. The Hall–Kier alpha value is -4.05. The molecule has 2 N–H and O–H groups in total. The molecule has 1 aliphatic heterocycles. The fourth-order valence-corrected chi connectivity index (χ4v) is 4.19. The first-order valence-corrected chi connectivity index (χ1v) is 11.6. The molecule has 3 heterocycles. The van der Waals surface area contributed by atoms with E-state index in [0.717, 1.165) is 16.5 Å². The van der Waals surface area contributed by atoms with E-state index in [4.69, 9.17) is 4.52 Å². The predicted molar refractivity (Wildman–Crippen MR) is 129 cm³/mol. The number of hydrogen-bond donors (Lipinski definition) is 2. The molecule has 0 radical (unpaired) electrons. The van der Waals surface area contributed by atoms with Gasteiger partial charge in [-0.2, -0.15) is 10.1 Å². The van der Waals surface area contributed by atoms with Crippen molar-refractivity contribution in [2.24, 2.45) is 0 Å². The van der Waals surface area contributed by atoms with Gasteiger partial charge in [-0.3, -0.25) is 19.6 Å². The molecule has 2 aromatic carbocycles. The van der Waals surface area contributed by atoms with E-state index in [1.54, 1.807) is 11.8 Å². The number of aromatic nitrogens is 4. The standard InChI is InChI=1S/C25H27N7O3/c1-16-7-9-18(10-8-16)23-27-21(35-30-23)15-31-11-13-32(14-12-31)25(34)17(2)26-24(33)22-19-5-3-4-6-20(19)28-29-22/h3-10,17H,11-15H2,1-2H3,(H,26,33)(H,28,29). The number of aromatic amines is 1. The van der Waals surface area contributed by atoms with Crippen molar-refractivity contribution in [1.29, 1.82) is 0 Å². The Kier molecular flexibility index (Phi) is 6.28. The number of piperazine rings is 1. The SMILES string of the molecule is Cc1ccc(-c2noc(CN3CCN(C(=O)C(C)NC(=O)c4n[nH]c5ccccc45)CC3)n2)cc1. The number of nitrogens with one attached hydrogen (secondary N) is 2. The molecule has 0 bridgehead atoms. The van der Waals surface area contributed by atoms with Crippen molar-refractivity contribution in [3.63, 3.8) is 0 Å². The van der Waals surface area contributed by atoms with Gasteiger partial charge in [0, 0.05) is 37.1 Å². The van der Waals surface area contributed by atoms with Crippen molar-refractivity contribution >= 4 is 22.7 Å². The maximum Gasteiger partial charge on any atom is 0.273 e. The zero-order valence-electron chi connectivity index (χ0n) is 19.7. The summed E-state index contributed by atoms with van der Waals surface area (Å²) in [6.07, 6.45) is 0. The van der Waals surface area contributed by atoms with Crippen molar-refractivity contribution in [2.45, 2.75) is 26.4 Å². The molecule has 1 aliphatic rings. The summed E-state index contributed by atoms with van der Waals surface area (Å²) < 4.78 is 5.43. The average Bonchev–Trinajstić information content (AvgIpc) is 3.52. The first-order chi connectivity index (χ1) is 17.0. The number of amides is 2. The van der Waals surface area contributed by atoms with Crippen LogP contribution in [0.2, 0.25) is 0 Å². The van der Waals surface area contributed by atoms with Crippen molar-refractivity contribution in [3.8, 4) is 11.4 Å². The minimum Gasteiger partial charge on any atom is -0.339 e. The predicted octanol–water partition coefficient (Wildman–Crippen LogP) is 2.38. The summed E-state index contributed by atoms with van der Waals surface area (Å²) >= 11 is 0. The minimum absolute atomic E-state index is 0.114. The van der Waals surface area contributed by atoms with Crippen LogP contribution in [-0.2, 0) is 11.3 Å². The van der Waals surface area contributed by atoms with E-state index in [1.807, 2.05) is 55.5 Å². The molecular formula is C25H27N7O3. The van der Waals surface area contributed by atoms with Gasteiger partial charge >= 0.3 is 0 Å². The number of aryl methyl sites for hydroxylation is 1. The first-order valence-electron chi connectivity index (χ1n) is 11.6. The summed E-state index contributed by atoms with van der Waals surface area (Å²) in [5.41, 5.74) is 3.16. The maximum absolute atomic E-state index is 12.9.